The van der Waals surface area contributed by atoms with E-state index in [1.54, 1.807) is 0 Å². The van der Waals surface area contributed by atoms with E-state index in [1.165, 1.54) is 225 Å². The molecule has 9 heteroatoms. The summed E-state index contributed by atoms with van der Waals surface area (Å²) in [7, 11) is 1.31. The number of amides is 1. The van der Waals surface area contributed by atoms with Gasteiger partial charge in [0.25, 0.3) is 7.82 Å². The number of hydrogen-bond acceptors (Lipinski definition) is 6. The number of carbonyl (C=O) groups is 1. The molecule has 0 saturated heterocycles. The Morgan fingerprint density at radius 3 is 1.22 bits per heavy atom. The Hall–Kier alpha value is -1.02. The molecule has 3 unspecified atom stereocenters. The fraction of sp³-hybridized carbons (Fsp3) is 0.915. The molecular weight excluding hydrogens is 864 g/mol. The van der Waals surface area contributed by atoms with E-state index in [0.29, 0.717) is 23.9 Å². The summed E-state index contributed by atoms with van der Waals surface area (Å²) in [6.45, 7) is 4.76. The van der Waals surface area contributed by atoms with E-state index in [4.69, 9.17) is 9.05 Å². The molecule has 3 atom stereocenters. The molecular formula is C59H117N2O6P. The number of phosphoric acid groups is 1. The number of nitrogens with one attached hydrogen (secondary N) is 1. The van der Waals surface area contributed by atoms with Gasteiger partial charge >= 0.3 is 0 Å². The van der Waals surface area contributed by atoms with Gasteiger partial charge in [-0.25, -0.2) is 0 Å². The molecule has 0 spiro atoms. The molecule has 0 heterocycles. The molecule has 0 aliphatic carbocycles. The van der Waals surface area contributed by atoms with Crippen LogP contribution in [0.15, 0.2) is 24.3 Å². The number of hydrogen-bond donors (Lipinski definition) is 2. The summed E-state index contributed by atoms with van der Waals surface area (Å²) in [4.78, 5) is 25.5. The zero-order chi connectivity index (χ0) is 49.9. The number of unbranched alkanes of at least 4 members (excludes halogenated alkanes) is 38. The Morgan fingerprint density at radius 2 is 0.853 bits per heavy atom. The van der Waals surface area contributed by atoms with Crippen LogP contribution in [0.3, 0.4) is 0 Å². The third-order valence-electron chi connectivity index (χ3n) is 13.7. The van der Waals surface area contributed by atoms with E-state index in [-0.39, 0.29) is 19.1 Å². The molecule has 0 aliphatic rings. The number of allylic oxidation sites excluding steroid dienone is 4. The van der Waals surface area contributed by atoms with E-state index < -0.39 is 20.0 Å². The lowest BCUT2D eigenvalue weighted by molar-refractivity contribution is -0.870. The lowest BCUT2D eigenvalue weighted by Crippen LogP contribution is -2.46. The van der Waals surface area contributed by atoms with Gasteiger partial charge in [0, 0.05) is 6.42 Å². The maximum atomic E-state index is 13.0. The first kappa shape index (κ1) is 67.0. The number of phosphoric ester groups is 1. The van der Waals surface area contributed by atoms with E-state index in [1.807, 2.05) is 21.1 Å². The van der Waals surface area contributed by atoms with Crippen molar-refractivity contribution < 1.29 is 32.9 Å². The first-order chi connectivity index (χ1) is 33.0. The minimum absolute atomic E-state index is 0.0126. The van der Waals surface area contributed by atoms with Gasteiger partial charge in [0.1, 0.15) is 13.2 Å². The van der Waals surface area contributed by atoms with Gasteiger partial charge in [0.2, 0.25) is 5.91 Å². The number of aliphatic hydroxyl groups is 1. The van der Waals surface area contributed by atoms with Gasteiger partial charge in [-0.05, 0) is 44.9 Å². The molecule has 1 amide bonds. The number of likely N-dealkylation sites (N-methyl/N-ethyl adjacent to an activating group) is 1. The average Bonchev–Trinajstić information content (AvgIpc) is 3.30. The van der Waals surface area contributed by atoms with Crippen molar-refractivity contribution in [1.29, 1.82) is 0 Å². The van der Waals surface area contributed by atoms with Crippen LogP contribution in [0.2, 0.25) is 0 Å². The summed E-state index contributed by atoms with van der Waals surface area (Å²) in [6, 6.07) is -0.802. The van der Waals surface area contributed by atoms with Crippen LogP contribution < -0.4 is 10.2 Å². The molecule has 0 rings (SSSR count). The molecule has 404 valence electrons. The molecule has 0 aromatic heterocycles. The molecule has 0 aromatic carbocycles. The first-order valence-corrected chi connectivity index (χ1v) is 31.1. The quantitative estimate of drug-likeness (QED) is 0.0272. The van der Waals surface area contributed by atoms with Crippen molar-refractivity contribution in [2.75, 3.05) is 40.9 Å². The molecule has 0 bridgehead atoms. The molecule has 0 aromatic rings. The lowest BCUT2D eigenvalue weighted by Gasteiger charge is -2.30. The number of nitrogens with zero attached hydrogens (tertiary/aromatic N) is 1. The molecule has 8 nitrogen and oxygen atoms in total. The van der Waals surface area contributed by atoms with Crippen LogP contribution in [0.25, 0.3) is 0 Å². The van der Waals surface area contributed by atoms with Gasteiger partial charge in [-0.2, -0.15) is 0 Å². The Morgan fingerprint density at radius 1 is 0.515 bits per heavy atom. The second kappa shape index (κ2) is 50.9. The van der Waals surface area contributed by atoms with E-state index in [2.05, 4.69) is 43.5 Å². The minimum atomic E-state index is -4.57. The Bertz CT molecular complexity index is 1160. The van der Waals surface area contributed by atoms with Crippen LogP contribution in [0.4, 0.5) is 0 Å². The van der Waals surface area contributed by atoms with Crippen LogP contribution >= 0.6 is 7.82 Å². The summed E-state index contributed by atoms with van der Waals surface area (Å²) in [5.74, 6) is -0.165. The van der Waals surface area contributed by atoms with E-state index >= 15 is 0 Å². The minimum Gasteiger partial charge on any atom is -0.756 e. The maximum Gasteiger partial charge on any atom is 0.268 e. The van der Waals surface area contributed by atoms with Crippen LogP contribution in [0.1, 0.15) is 296 Å². The standard InChI is InChI=1S/C59H117N2O6P/c1-6-8-10-12-14-16-18-20-22-24-26-28-29-30-31-33-35-37-39-41-43-45-47-49-51-53-59(63)60-57(56-67-68(64,65)66-55-54-61(3,4)5)58(62)52-50-48-46-44-42-40-38-36-34-32-27-25-23-21-19-17-15-13-11-9-7-2/h26,28,30-31,57-58,62H,6-25,27,29,32-56H2,1-5H3,(H-,60,63,64,65)/b28-26-,31-30-. The molecule has 0 radical (unpaired) electrons. The van der Waals surface area contributed by atoms with Gasteiger partial charge in [-0.15, -0.1) is 0 Å². The number of aliphatic hydroxyl groups excluding tert-OH is 1. The molecule has 2 N–H and O–H groups in total. The number of quaternary nitrogens is 1. The molecule has 0 fully saturated rings. The van der Waals surface area contributed by atoms with Gasteiger partial charge in [-0.3, -0.25) is 9.36 Å². The van der Waals surface area contributed by atoms with Crippen molar-refractivity contribution in [3.8, 4) is 0 Å². The average molecular weight is 982 g/mol. The zero-order valence-corrected chi connectivity index (χ0v) is 47.0. The van der Waals surface area contributed by atoms with Crippen LogP contribution in [-0.2, 0) is 18.4 Å². The Balaban J connectivity index is 4.16. The van der Waals surface area contributed by atoms with Gasteiger partial charge in [0.05, 0.1) is 39.9 Å². The molecule has 68 heavy (non-hydrogen) atoms. The van der Waals surface area contributed by atoms with Gasteiger partial charge in [-0.1, -0.05) is 269 Å². The number of carbonyl (C=O) groups excluding carboxylic acids is 1. The molecule has 0 aliphatic heterocycles. The van der Waals surface area contributed by atoms with E-state index in [0.717, 1.165) is 44.9 Å². The van der Waals surface area contributed by atoms with Crippen LogP contribution in [0.5, 0.6) is 0 Å². The first-order valence-electron chi connectivity index (χ1n) is 29.7. The summed E-state index contributed by atoms with van der Waals surface area (Å²) in [5, 5.41) is 14.0. The van der Waals surface area contributed by atoms with Crippen LogP contribution in [-0.4, -0.2) is 68.5 Å². The highest BCUT2D eigenvalue weighted by Crippen LogP contribution is 2.38. The van der Waals surface area contributed by atoms with Crippen molar-refractivity contribution in [2.45, 2.75) is 309 Å². The summed E-state index contributed by atoms with van der Waals surface area (Å²) >= 11 is 0. The van der Waals surface area contributed by atoms with Crippen molar-refractivity contribution >= 4 is 13.7 Å². The fourth-order valence-corrected chi connectivity index (χ4v) is 9.74. The molecule has 0 saturated carbocycles. The van der Waals surface area contributed by atoms with Gasteiger partial charge < -0.3 is 28.8 Å². The Labute approximate surface area is 424 Å². The largest absolute Gasteiger partial charge is 0.756 e. The highest BCUT2D eigenvalue weighted by molar-refractivity contribution is 7.45. The van der Waals surface area contributed by atoms with E-state index in [9.17, 15) is 19.4 Å². The van der Waals surface area contributed by atoms with Gasteiger partial charge in [0.15, 0.2) is 0 Å². The van der Waals surface area contributed by atoms with Crippen molar-refractivity contribution in [1.82, 2.24) is 5.32 Å². The van der Waals surface area contributed by atoms with Crippen LogP contribution in [0, 0.1) is 0 Å². The van der Waals surface area contributed by atoms with Crippen molar-refractivity contribution in [2.24, 2.45) is 0 Å². The SMILES string of the molecule is CCCCCCCCCCC/C=C\C/C=C\CCCCCCCCCCCC(=O)NC(COP(=O)([O-])OCC[N+](C)(C)C)C(O)CCCCCCCCCCCCCCCCCCCCCCC. The predicted molar refractivity (Wildman–Crippen MR) is 293 cm³/mol. The highest BCUT2D eigenvalue weighted by Gasteiger charge is 2.24. The fourth-order valence-electron chi connectivity index (χ4n) is 9.01. The second-order valence-corrected chi connectivity index (χ2v) is 23.1. The topological polar surface area (TPSA) is 108 Å². The lowest BCUT2D eigenvalue weighted by atomic mass is 10.0. The normalized spacial score (nSPS) is 14.0. The summed E-state index contributed by atoms with van der Waals surface area (Å²) < 4.78 is 23.4. The predicted octanol–water partition coefficient (Wildman–Crippen LogP) is 17.4. The monoisotopic (exact) mass is 981 g/mol. The maximum absolute atomic E-state index is 13.0. The third kappa shape index (κ3) is 52.8. The Kier molecular flexibility index (Phi) is 50.1. The zero-order valence-electron chi connectivity index (χ0n) is 46.1. The summed E-state index contributed by atoms with van der Waals surface area (Å²) in [6.07, 6.45) is 63.5. The smallest absolute Gasteiger partial charge is 0.268 e. The highest BCUT2D eigenvalue weighted by atomic mass is 31.2. The second-order valence-electron chi connectivity index (χ2n) is 21.7. The number of rotatable bonds is 55. The summed E-state index contributed by atoms with van der Waals surface area (Å²) in [5.41, 5.74) is 0. The van der Waals surface area contributed by atoms with Crippen molar-refractivity contribution in [3.05, 3.63) is 24.3 Å². The third-order valence-corrected chi connectivity index (χ3v) is 14.7. The van der Waals surface area contributed by atoms with Crippen molar-refractivity contribution in [3.63, 3.8) is 0 Å².